The largest absolute Gasteiger partial charge is 0.465 e. The second-order valence-electron chi connectivity index (χ2n) is 6.93. The monoisotopic (exact) mass is 326 g/mol. The molecule has 1 saturated heterocycles. The average Bonchev–Trinajstić information content (AvgIpc) is 3.32. The molecule has 130 valence electrons. The zero-order valence-corrected chi connectivity index (χ0v) is 13.4. The minimum Gasteiger partial charge on any atom is -0.465 e. The van der Waals surface area contributed by atoms with E-state index in [2.05, 4.69) is 0 Å². The van der Waals surface area contributed by atoms with Crippen LogP contribution in [0, 0.1) is 11.8 Å². The summed E-state index contributed by atoms with van der Waals surface area (Å²) in [5, 5.41) is 9.57. The van der Waals surface area contributed by atoms with Crippen molar-refractivity contribution in [3.8, 4) is 0 Å². The van der Waals surface area contributed by atoms with E-state index < -0.39 is 0 Å². The third-order valence-electron chi connectivity index (χ3n) is 5.09. The van der Waals surface area contributed by atoms with E-state index in [0.717, 1.165) is 38.5 Å². The standard InChI is InChI=1S/C17H26O6/c18-13-4-1-3-11(9-13)16(19)21-7-2-8-22-17(20)12-5-6-14-15(10-12)23-14/h11-15,18H,1-10H2. The molecule has 5 atom stereocenters. The number of aliphatic hydroxyl groups is 1. The lowest BCUT2D eigenvalue weighted by Crippen LogP contribution is -2.28. The Labute approximate surface area is 136 Å². The Hall–Kier alpha value is -1.14. The molecule has 1 heterocycles. The van der Waals surface area contributed by atoms with Crippen LogP contribution in [0.3, 0.4) is 0 Å². The minimum atomic E-state index is -0.382. The van der Waals surface area contributed by atoms with Gasteiger partial charge >= 0.3 is 11.9 Å². The van der Waals surface area contributed by atoms with Gasteiger partial charge in [0.1, 0.15) is 0 Å². The fraction of sp³-hybridized carbons (Fsp3) is 0.882. The third kappa shape index (κ3) is 4.67. The fourth-order valence-electron chi connectivity index (χ4n) is 3.64. The van der Waals surface area contributed by atoms with Gasteiger partial charge in [0.05, 0.1) is 43.4 Å². The van der Waals surface area contributed by atoms with Crippen molar-refractivity contribution in [2.75, 3.05) is 13.2 Å². The highest BCUT2D eigenvalue weighted by Crippen LogP contribution is 2.39. The number of aliphatic hydroxyl groups excluding tert-OH is 1. The topological polar surface area (TPSA) is 85.4 Å². The van der Waals surface area contributed by atoms with Crippen molar-refractivity contribution in [3.05, 3.63) is 0 Å². The minimum absolute atomic E-state index is 0.0370. The molecule has 23 heavy (non-hydrogen) atoms. The highest BCUT2D eigenvalue weighted by Gasteiger charge is 2.46. The van der Waals surface area contributed by atoms with Gasteiger partial charge in [0, 0.05) is 6.42 Å². The molecule has 3 fully saturated rings. The Morgan fingerprint density at radius 3 is 2.26 bits per heavy atom. The van der Waals surface area contributed by atoms with Gasteiger partial charge in [-0.3, -0.25) is 9.59 Å². The Balaban J connectivity index is 1.25. The van der Waals surface area contributed by atoms with E-state index in [1.807, 2.05) is 0 Å². The zero-order chi connectivity index (χ0) is 16.2. The van der Waals surface area contributed by atoms with Crippen molar-refractivity contribution in [3.63, 3.8) is 0 Å². The summed E-state index contributed by atoms with van der Waals surface area (Å²) in [6.45, 7) is 0.544. The highest BCUT2D eigenvalue weighted by atomic mass is 16.6. The summed E-state index contributed by atoms with van der Waals surface area (Å²) in [5.74, 6) is -0.611. The molecular weight excluding hydrogens is 300 g/mol. The quantitative estimate of drug-likeness (QED) is 0.453. The number of carbonyl (C=O) groups excluding carboxylic acids is 2. The Kier molecular flexibility index (Phi) is 5.54. The van der Waals surface area contributed by atoms with Gasteiger partial charge in [-0.2, -0.15) is 0 Å². The maximum absolute atomic E-state index is 11.9. The first-order chi connectivity index (χ1) is 11.1. The maximum Gasteiger partial charge on any atom is 0.309 e. The van der Waals surface area contributed by atoms with Crippen LogP contribution >= 0.6 is 0 Å². The van der Waals surface area contributed by atoms with Crippen molar-refractivity contribution in [1.82, 2.24) is 0 Å². The summed E-state index contributed by atoms with van der Waals surface area (Å²) >= 11 is 0. The van der Waals surface area contributed by atoms with Gasteiger partial charge in [-0.05, 0) is 38.5 Å². The van der Waals surface area contributed by atoms with Crippen LogP contribution in [0.4, 0.5) is 0 Å². The second-order valence-corrected chi connectivity index (χ2v) is 6.93. The molecule has 0 aromatic rings. The number of hydrogen-bond acceptors (Lipinski definition) is 6. The van der Waals surface area contributed by atoms with E-state index >= 15 is 0 Å². The Bertz CT molecular complexity index is 417. The molecule has 6 nitrogen and oxygen atoms in total. The highest BCUT2D eigenvalue weighted by molar-refractivity contribution is 5.73. The number of ether oxygens (including phenoxy) is 3. The van der Waals surface area contributed by atoms with Gasteiger partial charge in [-0.15, -0.1) is 0 Å². The Morgan fingerprint density at radius 1 is 0.913 bits per heavy atom. The summed E-state index contributed by atoms with van der Waals surface area (Å²) in [4.78, 5) is 23.8. The van der Waals surface area contributed by atoms with E-state index in [1.54, 1.807) is 0 Å². The molecule has 1 aliphatic heterocycles. The SMILES string of the molecule is O=C(OCCCOC(=O)C1CCC2OC2C1)C1CCCC(O)C1. The van der Waals surface area contributed by atoms with Gasteiger partial charge < -0.3 is 19.3 Å². The van der Waals surface area contributed by atoms with Crippen LogP contribution < -0.4 is 0 Å². The van der Waals surface area contributed by atoms with Crippen LogP contribution in [0.25, 0.3) is 0 Å². The molecule has 3 rings (SSSR count). The first-order valence-corrected chi connectivity index (χ1v) is 8.80. The molecule has 0 amide bonds. The molecule has 0 bridgehead atoms. The van der Waals surface area contributed by atoms with Crippen LogP contribution in [-0.2, 0) is 23.8 Å². The average molecular weight is 326 g/mol. The van der Waals surface area contributed by atoms with Gasteiger partial charge in [-0.1, -0.05) is 6.42 Å². The molecule has 0 spiro atoms. The van der Waals surface area contributed by atoms with Gasteiger partial charge in [0.2, 0.25) is 0 Å². The third-order valence-corrected chi connectivity index (χ3v) is 5.09. The molecule has 0 aromatic heterocycles. The summed E-state index contributed by atoms with van der Waals surface area (Å²) < 4.78 is 15.9. The lowest BCUT2D eigenvalue weighted by molar-refractivity contribution is -0.153. The number of hydrogen-bond donors (Lipinski definition) is 1. The molecule has 6 heteroatoms. The van der Waals surface area contributed by atoms with Crippen LogP contribution in [0.1, 0.15) is 51.4 Å². The number of epoxide rings is 1. The van der Waals surface area contributed by atoms with Gasteiger partial charge in [0.15, 0.2) is 0 Å². The maximum atomic E-state index is 11.9. The van der Waals surface area contributed by atoms with Crippen LogP contribution in [0.5, 0.6) is 0 Å². The zero-order valence-electron chi connectivity index (χ0n) is 13.4. The summed E-state index contributed by atoms with van der Waals surface area (Å²) in [7, 11) is 0. The van der Waals surface area contributed by atoms with E-state index in [4.69, 9.17) is 14.2 Å². The normalized spacial score (nSPS) is 36.0. The van der Waals surface area contributed by atoms with Gasteiger partial charge in [-0.25, -0.2) is 0 Å². The number of rotatable bonds is 6. The summed E-state index contributed by atoms with van der Waals surface area (Å²) in [6.07, 6.45) is 6.30. The first-order valence-electron chi connectivity index (χ1n) is 8.80. The van der Waals surface area contributed by atoms with E-state index in [1.165, 1.54) is 0 Å². The van der Waals surface area contributed by atoms with Crippen LogP contribution in [0.2, 0.25) is 0 Å². The summed E-state index contributed by atoms with van der Waals surface area (Å²) in [6, 6.07) is 0. The number of carbonyl (C=O) groups is 2. The van der Waals surface area contributed by atoms with Crippen molar-refractivity contribution in [1.29, 1.82) is 0 Å². The molecule has 2 aliphatic carbocycles. The van der Waals surface area contributed by atoms with Crippen LogP contribution in [-0.4, -0.2) is 48.6 Å². The molecule has 0 aromatic carbocycles. The van der Waals surface area contributed by atoms with Crippen molar-refractivity contribution in [2.24, 2.45) is 11.8 Å². The Morgan fingerprint density at radius 2 is 1.61 bits per heavy atom. The van der Waals surface area contributed by atoms with Crippen molar-refractivity contribution >= 4 is 11.9 Å². The van der Waals surface area contributed by atoms with Crippen molar-refractivity contribution in [2.45, 2.75) is 69.7 Å². The molecule has 2 saturated carbocycles. The van der Waals surface area contributed by atoms with E-state index in [-0.39, 0.29) is 49.2 Å². The summed E-state index contributed by atoms with van der Waals surface area (Å²) in [5.41, 5.74) is 0. The molecule has 0 radical (unpaired) electrons. The number of fused-ring (bicyclic) bond motifs is 1. The predicted octanol–water partition coefficient (Wildman–Crippen LogP) is 1.58. The lowest BCUT2D eigenvalue weighted by Gasteiger charge is -2.24. The number of esters is 2. The molecule has 5 unspecified atom stereocenters. The lowest BCUT2D eigenvalue weighted by atomic mass is 9.87. The van der Waals surface area contributed by atoms with Gasteiger partial charge in [0.25, 0.3) is 0 Å². The van der Waals surface area contributed by atoms with E-state index in [9.17, 15) is 14.7 Å². The van der Waals surface area contributed by atoms with E-state index in [0.29, 0.717) is 18.9 Å². The second kappa shape index (κ2) is 7.62. The molecular formula is C17H26O6. The van der Waals surface area contributed by atoms with Crippen molar-refractivity contribution < 1.29 is 28.9 Å². The fourth-order valence-corrected chi connectivity index (χ4v) is 3.64. The molecule has 1 N–H and O–H groups in total. The molecule has 3 aliphatic rings. The first kappa shape index (κ1) is 16.7. The van der Waals surface area contributed by atoms with Crippen LogP contribution in [0.15, 0.2) is 0 Å². The smallest absolute Gasteiger partial charge is 0.309 e. The predicted molar refractivity (Wildman–Crippen MR) is 80.5 cm³/mol.